The highest BCUT2D eigenvalue weighted by atomic mass is 16.6. The second-order valence-corrected chi connectivity index (χ2v) is 21.9. The summed E-state index contributed by atoms with van der Waals surface area (Å²) in [4.78, 5) is 64.5. The maximum absolute atomic E-state index is 13.0. The van der Waals surface area contributed by atoms with Crippen molar-refractivity contribution in [1.82, 2.24) is 0 Å². The van der Waals surface area contributed by atoms with Crippen LogP contribution in [0.15, 0.2) is 54.6 Å². The van der Waals surface area contributed by atoms with Gasteiger partial charge in [0.25, 0.3) is 0 Å². The van der Waals surface area contributed by atoms with Crippen molar-refractivity contribution in [3.8, 4) is 28.7 Å². The molecular formula is C66H100O15. The van der Waals surface area contributed by atoms with E-state index in [1.165, 1.54) is 103 Å². The van der Waals surface area contributed by atoms with E-state index in [1.54, 1.807) is 39.0 Å². The molecule has 0 heterocycles. The van der Waals surface area contributed by atoms with E-state index in [2.05, 4.69) is 27.7 Å². The summed E-state index contributed by atoms with van der Waals surface area (Å²) >= 11 is 0. The molecule has 454 valence electrons. The number of unbranched alkanes of at least 4 members (excludes halogenated alkanes) is 20. The molecule has 3 rings (SSSR count). The standard InChI is InChI=1S/C66H100O15/c1-8-12-16-20-24-28-32-72-57-39-54(40-58(43-57)73-33-29-25-21-17-13-9-2)49-79-63(69)45-61(67)77-47-52-36-53(38-56(37-52)76-51-65(71)81-66(5,6)7)48-78-62(68)46-64(70)80-50-55-41-59(74-34-30-26-22-18-14-10-3)44-60(42-55)75-35-31-27-23-19-15-11-4/h36-44H,8-35,45-51H2,1-7H3. The third-order valence-electron chi connectivity index (χ3n) is 12.9. The molecule has 0 atom stereocenters. The van der Waals surface area contributed by atoms with Gasteiger partial charge in [0, 0.05) is 12.1 Å². The number of ether oxygens (including phenoxy) is 10. The molecule has 0 spiro atoms. The second kappa shape index (κ2) is 42.8. The van der Waals surface area contributed by atoms with Crippen LogP contribution in [-0.2, 0) is 74.1 Å². The molecule has 0 amide bonds. The van der Waals surface area contributed by atoms with Gasteiger partial charge >= 0.3 is 29.8 Å². The van der Waals surface area contributed by atoms with Crippen LogP contribution in [0, 0.1) is 0 Å². The third kappa shape index (κ3) is 35.5. The first-order chi connectivity index (χ1) is 39.2. The fourth-order valence-electron chi connectivity index (χ4n) is 8.64. The van der Waals surface area contributed by atoms with Crippen LogP contribution >= 0.6 is 0 Å². The molecule has 81 heavy (non-hydrogen) atoms. The zero-order valence-corrected chi connectivity index (χ0v) is 50.6. The molecule has 15 heteroatoms. The Hall–Kier alpha value is -5.99. The molecule has 3 aromatic carbocycles. The Morgan fingerprint density at radius 2 is 0.556 bits per heavy atom. The van der Waals surface area contributed by atoms with Gasteiger partial charge in [0.05, 0.1) is 26.4 Å². The molecule has 0 fully saturated rings. The highest BCUT2D eigenvalue weighted by Crippen LogP contribution is 2.27. The molecule has 0 aliphatic heterocycles. The van der Waals surface area contributed by atoms with Crippen LogP contribution in [0.3, 0.4) is 0 Å². The van der Waals surface area contributed by atoms with Crippen LogP contribution in [0.5, 0.6) is 28.7 Å². The van der Waals surface area contributed by atoms with E-state index in [1.807, 2.05) is 36.4 Å². The van der Waals surface area contributed by atoms with E-state index in [0.717, 1.165) is 51.4 Å². The van der Waals surface area contributed by atoms with Crippen LogP contribution in [0.2, 0.25) is 0 Å². The zero-order valence-electron chi connectivity index (χ0n) is 50.6. The molecule has 3 aromatic rings. The fourth-order valence-corrected chi connectivity index (χ4v) is 8.64. The van der Waals surface area contributed by atoms with E-state index in [4.69, 9.17) is 47.4 Å². The Morgan fingerprint density at radius 3 is 0.827 bits per heavy atom. The van der Waals surface area contributed by atoms with Gasteiger partial charge < -0.3 is 47.4 Å². The molecule has 0 saturated carbocycles. The number of esters is 5. The van der Waals surface area contributed by atoms with Crippen molar-refractivity contribution in [3.05, 3.63) is 76.9 Å². The molecule has 0 aliphatic carbocycles. The number of benzene rings is 3. The van der Waals surface area contributed by atoms with Crippen molar-refractivity contribution < 1.29 is 71.3 Å². The summed E-state index contributed by atoms with van der Waals surface area (Å²) in [5.74, 6) is -1.17. The average Bonchev–Trinajstić information content (AvgIpc) is 3.45. The monoisotopic (exact) mass is 1130 g/mol. The van der Waals surface area contributed by atoms with Crippen LogP contribution in [0.1, 0.15) is 238 Å². The first kappa shape index (κ1) is 69.3. The predicted molar refractivity (Wildman–Crippen MR) is 315 cm³/mol. The second-order valence-electron chi connectivity index (χ2n) is 21.9. The summed E-state index contributed by atoms with van der Waals surface area (Å²) in [6.45, 7) is 15.0. The number of carbonyl (C=O) groups excluding carboxylic acids is 5. The number of hydrogen-bond acceptors (Lipinski definition) is 15. The topological polar surface area (TPSA) is 178 Å². The van der Waals surface area contributed by atoms with E-state index in [-0.39, 0.29) is 32.2 Å². The maximum Gasteiger partial charge on any atom is 0.344 e. The van der Waals surface area contributed by atoms with Crippen molar-refractivity contribution in [2.24, 2.45) is 0 Å². The summed E-state index contributed by atoms with van der Waals surface area (Å²) in [6.07, 6.45) is 26.0. The lowest BCUT2D eigenvalue weighted by atomic mass is 10.1. The fraction of sp³-hybridized carbons (Fsp3) is 0.652. The van der Waals surface area contributed by atoms with Gasteiger partial charge in [-0.05, 0) is 111 Å². The minimum absolute atomic E-state index is 0.108. The molecule has 0 radical (unpaired) electrons. The molecule has 0 aliphatic rings. The SMILES string of the molecule is CCCCCCCCOc1cc(COC(=O)CC(=O)OCc2cc(COC(=O)CC(=O)OCc3cc(OCCCCCCCC)cc(OCCCCCCCC)c3)cc(OCC(=O)OC(C)(C)C)c2)cc(OCCCCCCCC)c1. The molecule has 0 unspecified atom stereocenters. The van der Waals surface area contributed by atoms with Crippen LogP contribution in [0.4, 0.5) is 0 Å². The van der Waals surface area contributed by atoms with Gasteiger partial charge in [0.1, 0.15) is 73.6 Å². The summed E-state index contributed by atoms with van der Waals surface area (Å²) in [6, 6.07) is 15.7. The van der Waals surface area contributed by atoms with E-state index < -0.39 is 54.9 Å². The first-order valence-electron chi connectivity index (χ1n) is 30.6. The zero-order chi connectivity index (χ0) is 58.8. The lowest BCUT2D eigenvalue weighted by Crippen LogP contribution is -2.27. The quantitative estimate of drug-likeness (QED) is 0.0226. The van der Waals surface area contributed by atoms with Gasteiger partial charge in [-0.25, -0.2) is 4.79 Å². The van der Waals surface area contributed by atoms with Gasteiger partial charge in [0.2, 0.25) is 0 Å². The minimum atomic E-state index is -0.838. The molecule has 0 bridgehead atoms. The molecule has 0 aromatic heterocycles. The Labute approximate surface area is 485 Å². The summed E-state index contributed by atoms with van der Waals surface area (Å²) in [5, 5.41) is 0. The van der Waals surface area contributed by atoms with Crippen molar-refractivity contribution in [2.45, 2.75) is 247 Å². The van der Waals surface area contributed by atoms with Crippen LogP contribution in [-0.4, -0.2) is 68.5 Å². The number of hydrogen-bond donors (Lipinski definition) is 0. The minimum Gasteiger partial charge on any atom is -0.493 e. The van der Waals surface area contributed by atoms with E-state index >= 15 is 0 Å². The Morgan fingerprint density at radius 1 is 0.309 bits per heavy atom. The molecular weight excluding hydrogens is 1030 g/mol. The van der Waals surface area contributed by atoms with Gasteiger partial charge in [-0.2, -0.15) is 0 Å². The average molecular weight is 1130 g/mol. The van der Waals surface area contributed by atoms with Crippen molar-refractivity contribution in [3.63, 3.8) is 0 Å². The molecule has 0 N–H and O–H groups in total. The van der Waals surface area contributed by atoms with Gasteiger partial charge in [-0.15, -0.1) is 0 Å². The van der Waals surface area contributed by atoms with Crippen molar-refractivity contribution in [2.75, 3.05) is 33.0 Å². The molecule has 15 nitrogen and oxygen atoms in total. The maximum atomic E-state index is 13.0. The van der Waals surface area contributed by atoms with E-state index in [9.17, 15) is 24.0 Å². The summed E-state index contributed by atoms with van der Waals surface area (Å²) < 4.78 is 57.6. The van der Waals surface area contributed by atoms with Gasteiger partial charge in [-0.1, -0.05) is 156 Å². The van der Waals surface area contributed by atoms with E-state index in [0.29, 0.717) is 71.7 Å². The Kier molecular flexibility index (Phi) is 36.6. The first-order valence-corrected chi connectivity index (χ1v) is 30.6. The lowest BCUT2D eigenvalue weighted by molar-refractivity contribution is -0.158. The van der Waals surface area contributed by atoms with Crippen LogP contribution in [0.25, 0.3) is 0 Å². The number of rotatable bonds is 47. The third-order valence-corrected chi connectivity index (χ3v) is 12.9. The smallest absolute Gasteiger partial charge is 0.344 e. The summed E-state index contributed by atoms with van der Waals surface area (Å²) in [5.41, 5.74) is 1.38. The lowest BCUT2D eigenvalue weighted by Gasteiger charge is -2.19. The van der Waals surface area contributed by atoms with Crippen molar-refractivity contribution in [1.29, 1.82) is 0 Å². The Balaban J connectivity index is 1.60. The largest absolute Gasteiger partial charge is 0.493 e. The van der Waals surface area contributed by atoms with Crippen molar-refractivity contribution >= 4 is 29.8 Å². The molecule has 0 saturated heterocycles. The van der Waals surface area contributed by atoms with Gasteiger partial charge in [0.15, 0.2) is 6.61 Å². The predicted octanol–water partition coefficient (Wildman–Crippen LogP) is 15.7. The van der Waals surface area contributed by atoms with Gasteiger partial charge in [-0.3, -0.25) is 19.2 Å². The van der Waals surface area contributed by atoms with Crippen LogP contribution < -0.4 is 23.7 Å². The Bertz CT molecular complexity index is 2020. The highest BCUT2D eigenvalue weighted by Gasteiger charge is 2.19. The summed E-state index contributed by atoms with van der Waals surface area (Å²) in [7, 11) is 0. The number of carbonyl (C=O) groups is 5. The highest BCUT2D eigenvalue weighted by molar-refractivity contribution is 5.91. The normalized spacial score (nSPS) is 11.1.